The van der Waals surface area contributed by atoms with Crippen molar-refractivity contribution in [3.8, 4) is 5.75 Å². The first-order valence-electron chi connectivity index (χ1n) is 9.47. The molecule has 2 fully saturated rings. The first kappa shape index (κ1) is 18.5. The Balaban J connectivity index is 1.32. The van der Waals surface area contributed by atoms with Crippen molar-refractivity contribution in [1.29, 1.82) is 0 Å². The number of aliphatic hydroxyl groups excluding tert-OH is 1. The molecule has 1 aromatic heterocycles. The molecule has 0 radical (unpaired) electrons. The third-order valence-corrected chi connectivity index (χ3v) is 5.64. The van der Waals surface area contributed by atoms with Gasteiger partial charge in [0.2, 0.25) is 5.95 Å². The van der Waals surface area contributed by atoms with E-state index in [1.54, 1.807) is 6.20 Å². The van der Waals surface area contributed by atoms with Crippen LogP contribution in [-0.2, 0) is 0 Å². The smallest absolute Gasteiger partial charge is 0.225 e. The summed E-state index contributed by atoms with van der Waals surface area (Å²) in [6, 6.07) is 9.53. The fourth-order valence-corrected chi connectivity index (χ4v) is 4.04. The van der Waals surface area contributed by atoms with Crippen LogP contribution in [0.15, 0.2) is 36.5 Å². The quantitative estimate of drug-likeness (QED) is 0.868. The van der Waals surface area contributed by atoms with E-state index in [1.165, 1.54) is 0 Å². The van der Waals surface area contributed by atoms with Gasteiger partial charge in [0.25, 0.3) is 0 Å². The Morgan fingerprint density at radius 1 is 1.11 bits per heavy atom. The molecular weight excluding hydrogens is 364 g/mol. The molecule has 6 nitrogen and oxygen atoms in total. The Labute approximate surface area is 164 Å². The van der Waals surface area contributed by atoms with Gasteiger partial charge in [-0.05, 0) is 50.1 Å². The molecule has 0 amide bonds. The highest BCUT2D eigenvalue weighted by molar-refractivity contribution is 6.30. The van der Waals surface area contributed by atoms with Gasteiger partial charge in [0.15, 0.2) is 0 Å². The van der Waals surface area contributed by atoms with Gasteiger partial charge in [-0.15, -0.1) is 0 Å². The third-order valence-electron chi connectivity index (χ3n) is 5.39. The van der Waals surface area contributed by atoms with E-state index in [0.29, 0.717) is 12.5 Å². The summed E-state index contributed by atoms with van der Waals surface area (Å²) in [6.45, 7) is 5.13. The molecule has 2 saturated heterocycles. The summed E-state index contributed by atoms with van der Waals surface area (Å²) in [7, 11) is 0. The molecular formula is C20H25ClN4O2. The second-order valence-corrected chi connectivity index (χ2v) is 7.78. The van der Waals surface area contributed by atoms with E-state index in [4.69, 9.17) is 16.3 Å². The van der Waals surface area contributed by atoms with E-state index in [0.717, 1.165) is 48.9 Å². The van der Waals surface area contributed by atoms with Gasteiger partial charge in [-0.1, -0.05) is 11.6 Å². The van der Waals surface area contributed by atoms with Gasteiger partial charge < -0.3 is 14.7 Å². The third kappa shape index (κ3) is 4.34. The van der Waals surface area contributed by atoms with Crippen LogP contribution in [0.4, 0.5) is 5.95 Å². The van der Waals surface area contributed by atoms with Gasteiger partial charge in [-0.2, -0.15) is 0 Å². The van der Waals surface area contributed by atoms with Gasteiger partial charge in [0, 0.05) is 43.1 Å². The maximum Gasteiger partial charge on any atom is 0.225 e. The summed E-state index contributed by atoms with van der Waals surface area (Å²) in [5.74, 6) is 1.57. The van der Waals surface area contributed by atoms with Crippen LogP contribution < -0.4 is 9.64 Å². The van der Waals surface area contributed by atoms with Crippen molar-refractivity contribution < 1.29 is 9.84 Å². The predicted molar refractivity (Wildman–Crippen MR) is 105 cm³/mol. The molecule has 7 heteroatoms. The second kappa shape index (κ2) is 8.00. The minimum absolute atomic E-state index is 0.116. The molecule has 2 aliphatic rings. The maximum absolute atomic E-state index is 10.6. The van der Waals surface area contributed by atoms with Crippen LogP contribution in [0.25, 0.3) is 0 Å². The molecule has 4 rings (SSSR count). The van der Waals surface area contributed by atoms with Crippen LogP contribution in [-0.4, -0.2) is 64.4 Å². The van der Waals surface area contributed by atoms with Crippen molar-refractivity contribution in [3.05, 3.63) is 47.2 Å². The number of β-amino-alcohol motifs (C(OH)–C–C–N with tert-alkyl or cyclic N) is 1. The number of hydrogen-bond donors (Lipinski definition) is 1. The number of likely N-dealkylation sites (tertiary alicyclic amines) is 1. The van der Waals surface area contributed by atoms with E-state index in [9.17, 15) is 5.11 Å². The summed E-state index contributed by atoms with van der Waals surface area (Å²) in [5, 5.41) is 11.3. The maximum atomic E-state index is 10.6. The van der Waals surface area contributed by atoms with E-state index in [1.807, 2.05) is 37.3 Å². The SMILES string of the molecule is Cc1ccnc(N2C[C@H](O)[C@@H](N3CCC(Oc4ccc(Cl)cc4)CC3)C2)n1. The van der Waals surface area contributed by atoms with Crippen molar-refractivity contribution in [3.63, 3.8) is 0 Å². The van der Waals surface area contributed by atoms with Gasteiger partial charge in [0.1, 0.15) is 11.9 Å². The van der Waals surface area contributed by atoms with Gasteiger partial charge in [-0.25, -0.2) is 9.97 Å². The summed E-state index contributed by atoms with van der Waals surface area (Å²) in [6.07, 6.45) is 3.50. The highest BCUT2D eigenvalue weighted by Gasteiger charge is 2.38. The largest absolute Gasteiger partial charge is 0.490 e. The predicted octanol–water partition coefficient (Wildman–Crippen LogP) is 2.53. The lowest BCUT2D eigenvalue weighted by Crippen LogP contribution is -2.49. The number of aromatic nitrogens is 2. The molecule has 27 heavy (non-hydrogen) atoms. The van der Waals surface area contributed by atoms with Crippen LogP contribution in [0.1, 0.15) is 18.5 Å². The Morgan fingerprint density at radius 3 is 2.56 bits per heavy atom. The molecule has 1 aromatic carbocycles. The number of aliphatic hydroxyl groups is 1. The number of rotatable bonds is 4. The fraction of sp³-hybridized carbons (Fsp3) is 0.500. The Kier molecular flexibility index (Phi) is 5.48. The normalized spacial score (nSPS) is 24.3. The summed E-state index contributed by atoms with van der Waals surface area (Å²) in [5.41, 5.74) is 0.943. The second-order valence-electron chi connectivity index (χ2n) is 7.34. The summed E-state index contributed by atoms with van der Waals surface area (Å²) >= 11 is 5.93. The Bertz CT molecular complexity index is 765. The number of aryl methyl sites for hydroxylation is 1. The lowest BCUT2D eigenvalue weighted by atomic mass is 10.0. The molecule has 1 N–H and O–H groups in total. The highest BCUT2D eigenvalue weighted by Crippen LogP contribution is 2.26. The summed E-state index contributed by atoms with van der Waals surface area (Å²) in [4.78, 5) is 13.3. The number of halogens is 1. The topological polar surface area (TPSA) is 61.7 Å². The molecule has 0 aliphatic carbocycles. The van der Waals surface area contributed by atoms with Crippen molar-refractivity contribution in [2.24, 2.45) is 0 Å². The van der Waals surface area contributed by atoms with Crippen molar-refractivity contribution in [2.75, 3.05) is 31.1 Å². The minimum atomic E-state index is -0.386. The lowest BCUT2D eigenvalue weighted by Gasteiger charge is -2.36. The number of anilines is 1. The van der Waals surface area contributed by atoms with Crippen LogP contribution in [0.3, 0.4) is 0 Å². The molecule has 0 bridgehead atoms. The number of hydrogen-bond acceptors (Lipinski definition) is 6. The highest BCUT2D eigenvalue weighted by atomic mass is 35.5. The summed E-state index contributed by atoms with van der Waals surface area (Å²) < 4.78 is 6.07. The number of benzene rings is 1. The first-order valence-corrected chi connectivity index (χ1v) is 9.85. The Hall–Kier alpha value is -1.89. The lowest BCUT2D eigenvalue weighted by molar-refractivity contribution is 0.0364. The standard InChI is InChI=1S/C20H25ClN4O2/c1-14-6-9-22-20(23-14)25-12-18(19(26)13-25)24-10-7-17(8-11-24)27-16-4-2-15(21)3-5-16/h2-6,9,17-19,26H,7-8,10-13H2,1H3/t18-,19-/m0/s1. The van der Waals surface area contributed by atoms with Gasteiger partial charge in [-0.3, -0.25) is 4.90 Å². The minimum Gasteiger partial charge on any atom is -0.490 e. The molecule has 0 saturated carbocycles. The van der Waals surface area contributed by atoms with Crippen LogP contribution in [0.2, 0.25) is 5.02 Å². The van der Waals surface area contributed by atoms with Gasteiger partial charge >= 0.3 is 0 Å². The molecule has 2 atom stereocenters. The van der Waals surface area contributed by atoms with Crippen LogP contribution in [0, 0.1) is 6.92 Å². The molecule has 0 unspecified atom stereocenters. The van der Waals surface area contributed by atoms with Gasteiger partial charge in [0.05, 0.1) is 12.1 Å². The Morgan fingerprint density at radius 2 is 1.85 bits per heavy atom. The van der Waals surface area contributed by atoms with Crippen LogP contribution >= 0.6 is 11.6 Å². The van der Waals surface area contributed by atoms with Crippen LogP contribution in [0.5, 0.6) is 5.75 Å². The zero-order valence-electron chi connectivity index (χ0n) is 15.5. The zero-order valence-corrected chi connectivity index (χ0v) is 16.2. The average molecular weight is 389 g/mol. The van der Waals surface area contributed by atoms with Crippen molar-refractivity contribution in [1.82, 2.24) is 14.9 Å². The number of piperidine rings is 1. The van der Waals surface area contributed by atoms with Crippen molar-refractivity contribution in [2.45, 2.75) is 38.0 Å². The van der Waals surface area contributed by atoms with E-state index >= 15 is 0 Å². The van der Waals surface area contributed by atoms with Crippen molar-refractivity contribution >= 4 is 17.5 Å². The van der Waals surface area contributed by atoms with E-state index in [2.05, 4.69) is 19.8 Å². The molecule has 2 aliphatic heterocycles. The van der Waals surface area contributed by atoms with E-state index in [-0.39, 0.29) is 18.2 Å². The average Bonchev–Trinajstić information content (AvgIpc) is 3.06. The molecule has 3 heterocycles. The molecule has 144 valence electrons. The zero-order chi connectivity index (χ0) is 18.8. The fourth-order valence-electron chi connectivity index (χ4n) is 3.91. The monoisotopic (exact) mass is 388 g/mol. The molecule has 0 spiro atoms. The van der Waals surface area contributed by atoms with E-state index < -0.39 is 0 Å². The first-order chi connectivity index (χ1) is 13.1. The molecule has 2 aromatic rings. The number of ether oxygens (including phenoxy) is 1. The number of nitrogens with zero attached hydrogens (tertiary/aromatic N) is 4.